The first kappa shape index (κ1) is 14.0. The molecule has 2 aromatic carbocycles. The lowest BCUT2D eigenvalue weighted by Gasteiger charge is -2.11. The summed E-state index contributed by atoms with van der Waals surface area (Å²) in [4.78, 5) is 1.18. The number of thioether (sulfide) groups is 1. The molecule has 0 unspecified atom stereocenters. The summed E-state index contributed by atoms with van der Waals surface area (Å²) in [5, 5.41) is 0. The summed E-state index contributed by atoms with van der Waals surface area (Å²) >= 11 is 1.51. The van der Waals surface area contributed by atoms with E-state index in [0.29, 0.717) is 5.69 Å². The second-order valence-corrected chi connectivity index (χ2v) is 6.65. The lowest BCUT2D eigenvalue weighted by molar-refractivity contribution is 0.601. The number of benzene rings is 2. The molecule has 2 aromatic rings. The van der Waals surface area contributed by atoms with E-state index in [2.05, 4.69) is 4.72 Å². The van der Waals surface area contributed by atoms with Crippen molar-refractivity contribution in [2.75, 3.05) is 11.0 Å². The van der Waals surface area contributed by atoms with Gasteiger partial charge in [-0.15, -0.1) is 11.8 Å². The Balaban J connectivity index is 2.37. The van der Waals surface area contributed by atoms with E-state index < -0.39 is 10.0 Å². The first-order chi connectivity index (χ1) is 9.03. The van der Waals surface area contributed by atoms with Crippen LogP contribution in [0.15, 0.2) is 58.3 Å². The number of rotatable bonds is 4. The average molecular weight is 293 g/mol. The molecule has 0 saturated heterocycles. The van der Waals surface area contributed by atoms with E-state index in [-0.39, 0.29) is 4.90 Å². The molecule has 100 valence electrons. The van der Waals surface area contributed by atoms with Crippen LogP contribution in [0.3, 0.4) is 0 Å². The normalized spacial score (nSPS) is 11.3. The molecule has 0 radical (unpaired) electrons. The Morgan fingerprint density at radius 2 is 1.79 bits per heavy atom. The molecule has 0 atom stereocenters. The molecular formula is C14H15NO2S2. The van der Waals surface area contributed by atoms with Gasteiger partial charge in [0.05, 0.1) is 10.6 Å². The predicted octanol–water partition coefficient (Wildman–Crippen LogP) is 3.52. The van der Waals surface area contributed by atoms with Crippen molar-refractivity contribution in [3.05, 3.63) is 54.1 Å². The van der Waals surface area contributed by atoms with E-state index in [1.54, 1.807) is 24.3 Å². The zero-order valence-electron chi connectivity index (χ0n) is 10.8. The Bertz CT molecular complexity index is 681. The predicted molar refractivity (Wildman–Crippen MR) is 80.2 cm³/mol. The van der Waals surface area contributed by atoms with Gasteiger partial charge in [0.25, 0.3) is 10.0 Å². The number of anilines is 1. The minimum atomic E-state index is -3.53. The zero-order chi connectivity index (χ0) is 13.9. The highest BCUT2D eigenvalue weighted by Gasteiger charge is 2.15. The molecule has 5 heteroatoms. The Morgan fingerprint density at radius 3 is 2.47 bits per heavy atom. The van der Waals surface area contributed by atoms with Gasteiger partial charge in [-0.3, -0.25) is 4.72 Å². The molecule has 3 nitrogen and oxygen atoms in total. The smallest absolute Gasteiger partial charge is 0.261 e. The minimum Gasteiger partial charge on any atom is -0.278 e. The molecule has 0 fully saturated rings. The topological polar surface area (TPSA) is 46.2 Å². The van der Waals surface area contributed by atoms with E-state index in [0.717, 1.165) is 10.5 Å². The fraction of sp³-hybridized carbons (Fsp3) is 0.143. The van der Waals surface area contributed by atoms with Crippen LogP contribution in [-0.2, 0) is 10.0 Å². The molecule has 0 aliphatic carbocycles. The maximum Gasteiger partial charge on any atom is 0.261 e. The third kappa shape index (κ3) is 3.30. The number of aryl methyl sites for hydroxylation is 1. The summed E-state index contributed by atoms with van der Waals surface area (Å²) in [6.07, 6.45) is 1.92. The molecule has 0 spiro atoms. The number of nitrogens with one attached hydrogen (secondary N) is 1. The summed E-state index contributed by atoms with van der Waals surface area (Å²) in [7, 11) is -3.53. The molecule has 0 aromatic heterocycles. The third-order valence-electron chi connectivity index (χ3n) is 2.65. The van der Waals surface area contributed by atoms with Crippen molar-refractivity contribution in [1.82, 2.24) is 0 Å². The minimum absolute atomic E-state index is 0.281. The molecule has 0 aliphatic heterocycles. The Hall–Kier alpha value is -1.46. The fourth-order valence-corrected chi connectivity index (χ4v) is 3.52. The zero-order valence-corrected chi connectivity index (χ0v) is 12.4. The molecule has 0 aliphatic rings. The molecule has 2 rings (SSSR count). The van der Waals surface area contributed by atoms with Gasteiger partial charge in [0, 0.05) is 4.90 Å². The van der Waals surface area contributed by atoms with Crippen molar-refractivity contribution in [2.45, 2.75) is 16.7 Å². The van der Waals surface area contributed by atoms with E-state index >= 15 is 0 Å². The van der Waals surface area contributed by atoms with E-state index in [9.17, 15) is 8.42 Å². The van der Waals surface area contributed by atoms with Crippen LogP contribution in [0, 0.1) is 6.92 Å². The van der Waals surface area contributed by atoms with Crippen LogP contribution < -0.4 is 4.72 Å². The average Bonchev–Trinajstić information content (AvgIpc) is 2.39. The van der Waals surface area contributed by atoms with E-state index in [4.69, 9.17) is 0 Å². The quantitative estimate of drug-likeness (QED) is 0.877. The summed E-state index contributed by atoms with van der Waals surface area (Å²) in [6, 6.07) is 14.2. The third-order valence-corrected chi connectivity index (χ3v) is 4.81. The maximum absolute atomic E-state index is 12.3. The van der Waals surface area contributed by atoms with Crippen molar-refractivity contribution < 1.29 is 8.42 Å². The van der Waals surface area contributed by atoms with Crippen LogP contribution in [0.2, 0.25) is 0 Å². The Labute approximate surface area is 118 Å². The van der Waals surface area contributed by atoms with Crippen LogP contribution >= 0.6 is 11.8 Å². The maximum atomic E-state index is 12.3. The van der Waals surface area contributed by atoms with Crippen molar-refractivity contribution >= 4 is 27.5 Å². The monoisotopic (exact) mass is 293 g/mol. The number of hydrogen-bond donors (Lipinski definition) is 1. The summed E-state index contributed by atoms with van der Waals surface area (Å²) in [6.45, 7) is 1.87. The fourth-order valence-electron chi connectivity index (χ4n) is 1.72. The summed E-state index contributed by atoms with van der Waals surface area (Å²) in [5.74, 6) is 0. The first-order valence-electron chi connectivity index (χ1n) is 5.75. The first-order valence-corrected chi connectivity index (χ1v) is 8.46. The van der Waals surface area contributed by atoms with Crippen LogP contribution in [0.5, 0.6) is 0 Å². The van der Waals surface area contributed by atoms with Gasteiger partial charge < -0.3 is 0 Å². The van der Waals surface area contributed by atoms with Crippen molar-refractivity contribution in [3.63, 3.8) is 0 Å². The van der Waals surface area contributed by atoms with Gasteiger partial charge >= 0.3 is 0 Å². The number of sulfonamides is 1. The summed E-state index contributed by atoms with van der Waals surface area (Å²) in [5.41, 5.74) is 1.53. The molecule has 19 heavy (non-hydrogen) atoms. The standard InChI is InChI=1S/C14H15NO2S2/c1-11-6-5-7-12(10-11)19(16,17)15-13-8-3-4-9-14(13)18-2/h3-10,15H,1-2H3. The van der Waals surface area contributed by atoms with Gasteiger partial charge in [-0.2, -0.15) is 0 Å². The van der Waals surface area contributed by atoms with Gasteiger partial charge in [0.1, 0.15) is 0 Å². The number of hydrogen-bond acceptors (Lipinski definition) is 3. The van der Waals surface area contributed by atoms with Crippen LogP contribution in [-0.4, -0.2) is 14.7 Å². The van der Waals surface area contributed by atoms with Crippen molar-refractivity contribution in [1.29, 1.82) is 0 Å². The second-order valence-electron chi connectivity index (χ2n) is 4.12. The van der Waals surface area contributed by atoms with E-state index in [1.807, 2.05) is 37.4 Å². The molecular weight excluding hydrogens is 278 g/mol. The van der Waals surface area contributed by atoms with Crippen LogP contribution in [0.25, 0.3) is 0 Å². The largest absolute Gasteiger partial charge is 0.278 e. The molecule has 1 N–H and O–H groups in total. The van der Waals surface area contributed by atoms with E-state index in [1.165, 1.54) is 11.8 Å². The highest BCUT2D eigenvalue weighted by molar-refractivity contribution is 7.99. The van der Waals surface area contributed by atoms with Crippen LogP contribution in [0.4, 0.5) is 5.69 Å². The lowest BCUT2D eigenvalue weighted by Crippen LogP contribution is -2.13. The summed E-state index contributed by atoms with van der Waals surface area (Å²) < 4.78 is 27.2. The molecule has 0 amide bonds. The van der Waals surface area contributed by atoms with Gasteiger partial charge in [-0.1, -0.05) is 24.3 Å². The molecule has 0 saturated carbocycles. The van der Waals surface area contributed by atoms with Crippen LogP contribution in [0.1, 0.15) is 5.56 Å². The highest BCUT2D eigenvalue weighted by atomic mass is 32.2. The SMILES string of the molecule is CSc1ccccc1NS(=O)(=O)c1cccc(C)c1. The second kappa shape index (κ2) is 5.67. The molecule has 0 bridgehead atoms. The lowest BCUT2D eigenvalue weighted by atomic mass is 10.2. The van der Waals surface area contributed by atoms with Gasteiger partial charge in [-0.25, -0.2) is 8.42 Å². The van der Waals surface area contributed by atoms with Crippen molar-refractivity contribution in [3.8, 4) is 0 Å². The Kier molecular flexibility index (Phi) is 4.17. The highest BCUT2D eigenvalue weighted by Crippen LogP contribution is 2.27. The van der Waals surface area contributed by atoms with Gasteiger partial charge in [-0.05, 0) is 43.0 Å². The van der Waals surface area contributed by atoms with Gasteiger partial charge in [0.2, 0.25) is 0 Å². The number of para-hydroxylation sites is 1. The Morgan fingerprint density at radius 1 is 1.05 bits per heavy atom. The van der Waals surface area contributed by atoms with Crippen molar-refractivity contribution in [2.24, 2.45) is 0 Å². The molecule has 0 heterocycles. The van der Waals surface area contributed by atoms with Gasteiger partial charge in [0.15, 0.2) is 0 Å².